The SMILES string of the molecule is BrCC(c1ccccc1)C1CCCCCC1. The normalized spacial score (nSPS) is 20.3. The van der Waals surface area contributed by atoms with E-state index in [0.717, 1.165) is 17.2 Å². The lowest BCUT2D eigenvalue weighted by Crippen LogP contribution is -2.13. The van der Waals surface area contributed by atoms with E-state index >= 15 is 0 Å². The van der Waals surface area contributed by atoms with Gasteiger partial charge in [-0.05, 0) is 30.2 Å². The molecular formula is C15H21Br. The van der Waals surface area contributed by atoms with Crippen molar-refractivity contribution in [1.29, 1.82) is 0 Å². The van der Waals surface area contributed by atoms with Gasteiger partial charge in [0.05, 0.1) is 0 Å². The molecule has 1 aromatic carbocycles. The molecule has 88 valence electrons. The molecule has 0 saturated heterocycles. The molecule has 0 heterocycles. The monoisotopic (exact) mass is 280 g/mol. The highest BCUT2D eigenvalue weighted by Gasteiger charge is 2.22. The van der Waals surface area contributed by atoms with Crippen LogP contribution in [0.15, 0.2) is 30.3 Å². The minimum atomic E-state index is 0.722. The number of rotatable bonds is 3. The lowest BCUT2D eigenvalue weighted by atomic mass is 9.83. The van der Waals surface area contributed by atoms with Gasteiger partial charge < -0.3 is 0 Å². The van der Waals surface area contributed by atoms with Gasteiger partial charge in [0.15, 0.2) is 0 Å². The first-order chi connectivity index (χ1) is 7.92. The van der Waals surface area contributed by atoms with E-state index in [0.29, 0.717) is 0 Å². The second kappa shape index (κ2) is 6.44. The van der Waals surface area contributed by atoms with Crippen molar-refractivity contribution in [2.45, 2.75) is 44.4 Å². The van der Waals surface area contributed by atoms with E-state index in [4.69, 9.17) is 0 Å². The molecule has 0 aliphatic heterocycles. The Hall–Kier alpha value is -0.300. The predicted molar refractivity (Wildman–Crippen MR) is 74.2 cm³/mol. The summed E-state index contributed by atoms with van der Waals surface area (Å²) in [5.74, 6) is 1.61. The summed E-state index contributed by atoms with van der Waals surface area (Å²) in [4.78, 5) is 0. The van der Waals surface area contributed by atoms with Crippen LogP contribution >= 0.6 is 15.9 Å². The van der Waals surface area contributed by atoms with Crippen LogP contribution in [0, 0.1) is 5.92 Å². The van der Waals surface area contributed by atoms with Crippen LogP contribution in [0.1, 0.15) is 50.0 Å². The van der Waals surface area contributed by atoms with Crippen molar-refractivity contribution in [2.75, 3.05) is 5.33 Å². The molecule has 0 bridgehead atoms. The largest absolute Gasteiger partial charge is 0.0921 e. The first-order valence-electron chi connectivity index (χ1n) is 6.52. The predicted octanol–water partition coefficient (Wildman–Crippen LogP) is 5.14. The Labute approximate surface area is 108 Å². The Bertz CT molecular complexity index is 286. The maximum atomic E-state index is 3.71. The maximum Gasteiger partial charge on any atom is 0.0103 e. The topological polar surface area (TPSA) is 0 Å². The first kappa shape index (κ1) is 12.2. The molecule has 2 rings (SSSR count). The molecule has 1 aliphatic rings. The number of halogens is 1. The Balaban J connectivity index is 2.09. The third kappa shape index (κ3) is 3.10. The highest BCUT2D eigenvalue weighted by molar-refractivity contribution is 9.09. The van der Waals surface area contributed by atoms with Gasteiger partial charge in [-0.25, -0.2) is 0 Å². The first-order valence-corrected chi connectivity index (χ1v) is 7.65. The summed E-state index contributed by atoms with van der Waals surface area (Å²) in [6.07, 6.45) is 8.60. The number of alkyl halides is 1. The zero-order valence-corrected chi connectivity index (χ0v) is 11.5. The van der Waals surface area contributed by atoms with E-state index in [1.807, 2.05) is 0 Å². The zero-order chi connectivity index (χ0) is 11.2. The lowest BCUT2D eigenvalue weighted by Gasteiger charge is -2.24. The van der Waals surface area contributed by atoms with Gasteiger partial charge in [0.25, 0.3) is 0 Å². The van der Waals surface area contributed by atoms with Crippen molar-refractivity contribution in [3.05, 3.63) is 35.9 Å². The second-order valence-corrected chi connectivity index (χ2v) is 5.57. The van der Waals surface area contributed by atoms with Gasteiger partial charge in [-0.15, -0.1) is 0 Å². The van der Waals surface area contributed by atoms with E-state index in [2.05, 4.69) is 46.3 Å². The minimum absolute atomic E-state index is 0.722. The van der Waals surface area contributed by atoms with Crippen molar-refractivity contribution in [1.82, 2.24) is 0 Å². The molecule has 1 heteroatoms. The van der Waals surface area contributed by atoms with Crippen LogP contribution in [0.4, 0.5) is 0 Å². The van der Waals surface area contributed by atoms with E-state index < -0.39 is 0 Å². The van der Waals surface area contributed by atoms with Crippen molar-refractivity contribution >= 4 is 15.9 Å². The molecule has 0 aromatic heterocycles. The minimum Gasteiger partial charge on any atom is -0.0921 e. The van der Waals surface area contributed by atoms with Crippen LogP contribution < -0.4 is 0 Å². The van der Waals surface area contributed by atoms with Gasteiger partial charge in [0.2, 0.25) is 0 Å². The zero-order valence-electron chi connectivity index (χ0n) is 9.87. The number of hydrogen-bond donors (Lipinski definition) is 0. The molecule has 0 nitrogen and oxygen atoms in total. The van der Waals surface area contributed by atoms with Crippen molar-refractivity contribution < 1.29 is 0 Å². The fourth-order valence-corrected chi connectivity index (χ4v) is 3.80. The maximum absolute atomic E-state index is 3.71. The highest BCUT2D eigenvalue weighted by Crippen LogP contribution is 2.36. The Morgan fingerprint density at radius 1 is 1.00 bits per heavy atom. The molecule has 1 unspecified atom stereocenters. The van der Waals surface area contributed by atoms with Gasteiger partial charge in [0.1, 0.15) is 0 Å². The van der Waals surface area contributed by atoms with Crippen molar-refractivity contribution in [3.8, 4) is 0 Å². The van der Waals surface area contributed by atoms with Crippen molar-refractivity contribution in [2.24, 2.45) is 5.92 Å². The summed E-state index contributed by atoms with van der Waals surface area (Å²) in [6.45, 7) is 0. The second-order valence-electron chi connectivity index (χ2n) is 4.92. The summed E-state index contributed by atoms with van der Waals surface area (Å²) in [5, 5.41) is 1.11. The molecule has 1 fully saturated rings. The average Bonchev–Trinajstić information content (AvgIpc) is 2.61. The fraction of sp³-hybridized carbons (Fsp3) is 0.600. The summed E-state index contributed by atoms with van der Waals surface area (Å²) in [5.41, 5.74) is 1.52. The molecule has 16 heavy (non-hydrogen) atoms. The quantitative estimate of drug-likeness (QED) is 0.532. The van der Waals surface area contributed by atoms with Crippen LogP contribution in [0.25, 0.3) is 0 Å². The lowest BCUT2D eigenvalue weighted by molar-refractivity contribution is 0.400. The third-order valence-electron chi connectivity index (χ3n) is 3.86. The van der Waals surface area contributed by atoms with E-state index in [1.54, 1.807) is 0 Å². The third-order valence-corrected chi connectivity index (χ3v) is 4.56. The molecule has 1 atom stereocenters. The van der Waals surface area contributed by atoms with Gasteiger partial charge in [-0.3, -0.25) is 0 Å². The van der Waals surface area contributed by atoms with E-state index in [1.165, 1.54) is 44.1 Å². The van der Waals surface area contributed by atoms with E-state index in [-0.39, 0.29) is 0 Å². The summed E-state index contributed by atoms with van der Waals surface area (Å²) in [6, 6.07) is 11.0. The van der Waals surface area contributed by atoms with Crippen molar-refractivity contribution in [3.63, 3.8) is 0 Å². The Morgan fingerprint density at radius 2 is 1.62 bits per heavy atom. The van der Waals surface area contributed by atoms with Gasteiger partial charge >= 0.3 is 0 Å². The smallest absolute Gasteiger partial charge is 0.0103 e. The number of benzene rings is 1. The molecule has 0 amide bonds. The van der Waals surface area contributed by atoms with Gasteiger partial charge in [-0.1, -0.05) is 71.9 Å². The van der Waals surface area contributed by atoms with Crippen LogP contribution in [0.5, 0.6) is 0 Å². The molecular weight excluding hydrogens is 260 g/mol. The summed E-state index contributed by atoms with van der Waals surface area (Å²) in [7, 11) is 0. The standard InChI is InChI=1S/C15H21Br/c16-12-15(14-10-6-3-7-11-14)13-8-4-1-2-5-9-13/h3,6-7,10-11,13,15H,1-2,4-5,8-9,12H2. The molecule has 1 saturated carbocycles. The van der Waals surface area contributed by atoms with E-state index in [9.17, 15) is 0 Å². The molecule has 0 N–H and O–H groups in total. The summed E-state index contributed by atoms with van der Waals surface area (Å²) < 4.78 is 0. The Kier molecular flexibility index (Phi) is 4.90. The summed E-state index contributed by atoms with van der Waals surface area (Å²) >= 11 is 3.71. The average molecular weight is 281 g/mol. The molecule has 0 radical (unpaired) electrons. The van der Waals surface area contributed by atoms with Crippen LogP contribution in [-0.2, 0) is 0 Å². The molecule has 1 aliphatic carbocycles. The number of hydrogen-bond acceptors (Lipinski definition) is 0. The molecule has 1 aromatic rings. The highest BCUT2D eigenvalue weighted by atomic mass is 79.9. The fourth-order valence-electron chi connectivity index (χ4n) is 2.90. The van der Waals surface area contributed by atoms with Crippen LogP contribution in [-0.4, -0.2) is 5.33 Å². The Morgan fingerprint density at radius 3 is 2.19 bits per heavy atom. The van der Waals surface area contributed by atoms with Crippen LogP contribution in [0.2, 0.25) is 0 Å². The molecule has 0 spiro atoms. The van der Waals surface area contributed by atoms with Crippen LogP contribution in [0.3, 0.4) is 0 Å². The van der Waals surface area contributed by atoms with Gasteiger partial charge in [0, 0.05) is 5.33 Å². The van der Waals surface area contributed by atoms with Gasteiger partial charge in [-0.2, -0.15) is 0 Å².